The molecule has 0 spiro atoms. The molecule has 1 fully saturated rings. The topological polar surface area (TPSA) is 64.4 Å². The first-order chi connectivity index (χ1) is 11.5. The van der Waals surface area contributed by atoms with Crippen LogP contribution < -0.4 is 0 Å². The maximum Gasteiger partial charge on any atom is 0.246 e. The van der Waals surface area contributed by atoms with E-state index < -0.39 is 10.0 Å². The van der Waals surface area contributed by atoms with Crippen molar-refractivity contribution in [2.24, 2.45) is 0 Å². The molecule has 6 nitrogen and oxygen atoms in total. The number of hydrogen-bond donors (Lipinski definition) is 0. The number of nitrogens with zero attached hydrogens (tertiary/aromatic N) is 3. The molecule has 0 radical (unpaired) electrons. The van der Waals surface area contributed by atoms with Crippen molar-refractivity contribution in [2.45, 2.75) is 37.7 Å². The third-order valence-electron chi connectivity index (χ3n) is 4.21. The second kappa shape index (κ2) is 7.04. The molecule has 1 aliphatic heterocycles. The Morgan fingerprint density at radius 1 is 1.29 bits per heavy atom. The van der Waals surface area contributed by atoms with Crippen molar-refractivity contribution in [3.05, 3.63) is 42.2 Å². The monoisotopic (exact) mass is 349 g/mol. The summed E-state index contributed by atoms with van der Waals surface area (Å²) >= 11 is 0. The highest BCUT2D eigenvalue weighted by Crippen LogP contribution is 2.21. The number of benzene rings is 1. The summed E-state index contributed by atoms with van der Waals surface area (Å²) in [4.78, 5) is 0.222. The van der Waals surface area contributed by atoms with E-state index in [9.17, 15) is 8.42 Å². The second-order valence-corrected chi connectivity index (χ2v) is 8.04. The largest absolute Gasteiger partial charge is 0.375 e. The smallest absolute Gasteiger partial charge is 0.246 e. The number of rotatable bonds is 5. The molecule has 1 atom stereocenters. The SMILES string of the molecule is CCC[C@H]1CN(S(=O)(=O)c2cnn(-c3ccc(C)cc3)c2)CCO1. The van der Waals surface area contributed by atoms with Gasteiger partial charge in [0.1, 0.15) is 4.90 Å². The molecule has 2 aromatic rings. The predicted molar refractivity (Wildman–Crippen MR) is 91.7 cm³/mol. The van der Waals surface area contributed by atoms with Crippen LogP contribution in [-0.2, 0) is 14.8 Å². The molecule has 24 heavy (non-hydrogen) atoms. The molecule has 1 aromatic heterocycles. The summed E-state index contributed by atoms with van der Waals surface area (Å²) in [7, 11) is -3.54. The first-order valence-corrected chi connectivity index (χ1v) is 9.68. The molecule has 0 aliphatic carbocycles. The third kappa shape index (κ3) is 3.53. The van der Waals surface area contributed by atoms with Gasteiger partial charge in [0.15, 0.2) is 0 Å². The fourth-order valence-electron chi connectivity index (χ4n) is 2.83. The van der Waals surface area contributed by atoms with Crippen LogP contribution in [-0.4, -0.2) is 48.3 Å². The molecule has 0 N–H and O–H groups in total. The van der Waals surface area contributed by atoms with Gasteiger partial charge in [-0.15, -0.1) is 0 Å². The van der Waals surface area contributed by atoms with Gasteiger partial charge in [-0.2, -0.15) is 9.40 Å². The number of sulfonamides is 1. The summed E-state index contributed by atoms with van der Waals surface area (Å²) in [6, 6.07) is 7.79. The second-order valence-electron chi connectivity index (χ2n) is 6.10. The van der Waals surface area contributed by atoms with Gasteiger partial charge in [-0.1, -0.05) is 31.0 Å². The average molecular weight is 349 g/mol. The minimum atomic E-state index is -3.54. The molecule has 130 valence electrons. The molecule has 0 amide bonds. The summed E-state index contributed by atoms with van der Waals surface area (Å²) in [5, 5.41) is 4.21. The lowest BCUT2D eigenvalue weighted by Crippen LogP contribution is -2.45. The first kappa shape index (κ1) is 17.1. The van der Waals surface area contributed by atoms with E-state index in [1.165, 1.54) is 10.5 Å². The summed E-state index contributed by atoms with van der Waals surface area (Å²) in [5.41, 5.74) is 1.99. The van der Waals surface area contributed by atoms with Crippen LogP contribution in [0.25, 0.3) is 5.69 Å². The molecule has 0 unspecified atom stereocenters. The van der Waals surface area contributed by atoms with Crippen LogP contribution >= 0.6 is 0 Å². The lowest BCUT2D eigenvalue weighted by Gasteiger charge is -2.31. The Kier molecular flexibility index (Phi) is 5.03. The van der Waals surface area contributed by atoms with E-state index in [4.69, 9.17) is 4.74 Å². The van der Waals surface area contributed by atoms with Gasteiger partial charge < -0.3 is 4.74 Å². The molecule has 0 bridgehead atoms. The van der Waals surface area contributed by atoms with Crippen LogP contribution in [0, 0.1) is 6.92 Å². The molecule has 1 aromatic carbocycles. The zero-order chi connectivity index (χ0) is 17.2. The van der Waals surface area contributed by atoms with E-state index in [1.54, 1.807) is 10.9 Å². The summed E-state index contributed by atoms with van der Waals surface area (Å²) < 4.78 is 34.4. The molecule has 3 rings (SSSR count). The highest BCUT2D eigenvalue weighted by atomic mass is 32.2. The summed E-state index contributed by atoms with van der Waals surface area (Å²) in [5.74, 6) is 0. The van der Waals surface area contributed by atoms with Gasteiger partial charge >= 0.3 is 0 Å². The van der Waals surface area contributed by atoms with Crippen LogP contribution in [0.3, 0.4) is 0 Å². The van der Waals surface area contributed by atoms with E-state index in [-0.39, 0.29) is 11.0 Å². The number of ether oxygens (including phenoxy) is 1. The Labute approximate surface area is 143 Å². The lowest BCUT2D eigenvalue weighted by atomic mass is 10.2. The molecular weight excluding hydrogens is 326 g/mol. The molecule has 2 heterocycles. The molecule has 1 aliphatic rings. The Bertz CT molecular complexity index is 782. The fourth-order valence-corrected chi connectivity index (χ4v) is 4.22. The number of aromatic nitrogens is 2. The zero-order valence-electron chi connectivity index (χ0n) is 14.1. The Morgan fingerprint density at radius 2 is 2.04 bits per heavy atom. The number of morpholine rings is 1. The molecular formula is C17H23N3O3S. The summed E-state index contributed by atoms with van der Waals surface area (Å²) in [6.45, 7) is 5.32. The van der Waals surface area contributed by atoms with Crippen molar-refractivity contribution >= 4 is 10.0 Å². The average Bonchev–Trinajstić information content (AvgIpc) is 3.07. The third-order valence-corrected chi connectivity index (χ3v) is 6.03. The van der Waals surface area contributed by atoms with Crippen molar-refractivity contribution in [1.29, 1.82) is 0 Å². The van der Waals surface area contributed by atoms with Crippen LogP contribution in [0.4, 0.5) is 0 Å². The van der Waals surface area contributed by atoms with Crippen molar-refractivity contribution < 1.29 is 13.2 Å². The van der Waals surface area contributed by atoms with Gasteiger partial charge in [-0.25, -0.2) is 13.1 Å². The van der Waals surface area contributed by atoms with Crippen LogP contribution in [0.2, 0.25) is 0 Å². The van der Waals surface area contributed by atoms with Gasteiger partial charge in [-0.05, 0) is 25.5 Å². The van der Waals surface area contributed by atoms with Crippen molar-refractivity contribution in [2.75, 3.05) is 19.7 Å². The van der Waals surface area contributed by atoms with E-state index in [2.05, 4.69) is 12.0 Å². The van der Waals surface area contributed by atoms with Crippen LogP contribution in [0.1, 0.15) is 25.3 Å². The Balaban J connectivity index is 1.81. The predicted octanol–water partition coefficient (Wildman–Crippen LogP) is 2.37. The lowest BCUT2D eigenvalue weighted by molar-refractivity contribution is -0.00579. The minimum Gasteiger partial charge on any atom is -0.375 e. The maximum absolute atomic E-state index is 12.9. The Morgan fingerprint density at radius 3 is 2.75 bits per heavy atom. The van der Waals surface area contributed by atoms with Crippen LogP contribution in [0.5, 0.6) is 0 Å². The summed E-state index contributed by atoms with van der Waals surface area (Å²) in [6.07, 6.45) is 4.81. The highest BCUT2D eigenvalue weighted by Gasteiger charge is 2.31. The zero-order valence-corrected chi connectivity index (χ0v) is 14.9. The van der Waals surface area contributed by atoms with Gasteiger partial charge in [-0.3, -0.25) is 0 Å². The van der Waals surface area contributed by atoms with Crippen molar-refractivity contribution in [3.8, 4) is 5.69 Å². The van der Waals surface area contributed by atoms with Gasteiger partial charge in [0, 0.05) is 13.1 Å². The van der Waals surface area contributed by atoms with E-state index in [1.807, 2.05) is 31.2 Å². The normalized spacial score (nSPS) is 19.5. The van der Waals surface area contributed by atoms with Crippen molar-refractivity contribution in [3.63, 3.8) is 0 Å². The molecule has 7 heteroatoms. The molecule has 0 saturated carbocycles. The Hall–Kier alpha value is -1.70. The highest BCUT2D eigenvalue weighted by molar-refractivity contribution is 7.89. The first-order valence-electron chi connectivity index (χ1n) is 8.24. The molecule has 1 saturated heterocycles. The van der Waals surface area contributed by atoms with E-state index in [0.29, 0.717) is 19.7 Å². The van der Waals surface area contributed by atoms with Gasteiger partial charge in [0.05, 0.1) is 30.8 Å². The van der Waals surface area contributed by atoms with Gasteiger partial charge in [0.25, 0.3) is 0 Å². The van der Waals surface area contributed by atoms with Crippen molar-refractivity contribution in [1.82, 2.24) is 14.1 Å². The van der Waals surface area contributed by atoms with Crippen LogP contribution in [0.15, 0.2) is 41.6 Å². The maximum atomic E-state index is 12.9. The number of aryl methyl sites for hydroxylation is 1. The quantitative estimate of drug-likeness (QED) is 0.831. The fraction of sp³-hybridized carbons (Fsp3) is 0.471. The standard InChI is InChI=1S/C17H23N3O3S/c1-3-4-16-12-19(9-10-23-16)24(21,22)17-11-18-20(13-17)15-7-5-14(2)6-8-15/h5-8,11,13,16H,3-4,9-10,12H2,1-2H3/t16-/m0/s1. The van der Waals surface area contributed by atoms with E-state index in [0.717, 1.165) is 24.1 Å². The van der Waals surface area contributed by atoms with E-state index >= 15 is 0 Å². The van der Waals surface area contributed by atoms with Gasteiger partial charge in [0.2, 0.25) is 10.0 Å². The minimum absolute atomic E-state index is 0.0225. The number of hydrogen-bond acceptors (Lipinski definition) is 4.